The van der Waals surface area contributed by atoms with Crippen LogP contribution in [0.4, 0.5) is 14.5 Å². The molecule has 0 fully saturated rings. The number of thioether (sulfide) groups is 1. The molecule has 1 aliphatic heterocycles. The van der Waals surface area contributed by atoms with Crippen LogP contribution in [-0.2, 0) is 0 Å². The van der Waals surface area contributed by atoms with Crippen LogP contribution < -0.4 is 5.43 Å². The first-order chi connectivity index (χ1) is 11.7. The third-order valence-corrected chi connectivity index (χ3v) is 4.35. The van der Waals surface area contributed by atoms with Gasteiger partial charge >= 0.3 is 0 Å². The van der Waals surface area contributed by atoms with Crippen LogP contribution in [0.25, 0.3) is 11.0 Å². The second-order valence-electron chi connectivity index (χ2n) is 5.12. The molecule has 0 atom stereocenters. The number of aliphatic imine (C=N–C) groups is 1. The van der Waals surface area contributed by atoms with Gasteiger partial charge in [0, 0.05) is 17.2 Å². The molecule has 0 unspecified atom stereocenters. The molecule has 1 aromatic heterocycles. The van der Waals surface area contributed by atoms with E-state index in [1.165, 1.54) is 23.9 Å². The number of furan rings is 1. The molecule has 0 aliphatic carbocycles. The van der Waals surface area contributed by atoms with Gasteiger partial charge in [0.1, 0.15) is 22.8 Å². The monoisotopic (exact) mass is 343 g/mol. The summed E-state index contributed by atoms with van der Waals surface area (Å²) in [7, 11) is 0. The SMILES string of the molecule is Fc1ccc(N=C2NN=C(c3cc4ccccc4o3)CS2)c(F)c1. The minimum atomic E-state index is -0.711. The number of amidine groups is 1. The van der Waals surface area contributed by atoms with Crippen molar-refractivity contribution < 1.29 is 13.2 Å². The summed E-state index contributed by atoms with van der Waals surface area (Å²) >= 11 is 1.37. The quantitative estimate of drug-likeness (QED) is 0.748. The van der Waals surface area contributed by atoms with Crippen LogP contribution in [-0.4, -0.2) is 16.6 Å². The van der Waals surface area contributed by atoms with E-state index in [9.17, 15) is 8.78 Å². The summed E-state index contributed by atoms with van der Waals surface area (Å²) in [6, 6.07) is 12.9. The highest BCUT2D eigenvalue weighted by Crippen LogP contribution is 2.24. The van der Waals surface area contributed by atoms with Crippen LogP contribution in [0.2, 0.25) is 0 Å². The number of hydrogen-bond donors (Lipinski definition) is 1. The van der Waals surface area contributed by atoms with E-state index in [0.29, 0.717) is 16.7 Å². The van der Waals surface area contributed by atoms with Gasteiger partial charge in [0.2, 0.25) is 0 Å². The standard InChI is InChI=1S/C17H11F2N3OS/c18-11-5-6-13(12(19)8-11)20-17-22-21-14(9-24-17)16-7-10-3-1-2-4-15(10)23-16/h1-8H,9H2,(H,20,22). The van der Waals surface area contributed by atoms with E-state index in [-0.39, 0.29) is 5.69 Å². The second kappa shape index (κ2) is 6.09. The number of nitrogens with one attached hydrogen (secondary N) is 1. The van der Waals surface area contributed by atoms with Crippen molar-refractivity contribution in [1.82, 2.24) is 5.43 Å². The Hall–Kier alpha value is -2.67. The predicted molar refractivity (Wildman–Crippen MR) is 91.8 cm³/mol. The Bertz CT molecular complexity index is 948. The lowest BCUT2D eigenvalue weighted by molar-refractivity contribution is 0.585. The van der Waals surface area contributed by atoms with E-state index in [1.54, 1.807) is 0 Å². The van der Waals surface area contributed by atoms with Crippen molar-refractivity contribution >= 4 is 39.3 Å². The molecule has 7 heteroatoms. The number of hydrogen-bond acceptors (Lipinski definition) is 4. The van der Waals surface area contributed by atoms with Gasteiger partial charge in [0.25, 0.3) is 0 Å². The van der Waals surface area contributed by atoms with E-state index in [0.717, 1.165) is 22.7 Å². The minimum Gasteiger partial charge on any atom is -0.455 e. The fourth-order valence-electron chi connectivity index (χ4n) is 2.31. The molecule has 2 aromatic carbocycles. The molecule has 4 nitrogen and oxygen atoms in total. The molecular formula is C17H11F2N3OS. The van der Waals surface area contributed by atoms with E-state index in [2.05, 4.69) is 15.5 Å². The number of para-hydroxylation sites is 1. The third kappa shape index (κ3) is 2.90. The Kier molecular flexibility index (Phi) is 3.78. The average molecular weight is 343 g/mol. The lowest BCUT2D eigenvalue weighted by Crippen LogP contribution is -2.24. The first-order valence-electron chi connectivity index (χ1n) is 7.17. The summed E-state index contributed by atoms with van der Waals surface area (Å²) in [6.45, 7) is 0. The van der Waals surface area contributed by atoms with Gasteiger partial charge in [-0.3, -0.25) is 5.43 Å². The van der Waals surface area contributed by atoms with Crippen LogP contribution >= 0.6 is 11.8 Å². The Balaban J connectivity index is 1.57. The molecule has 2 heterocycles. The normalized spacial score (nSPS) is 16.2. The van der Waals surface area contributed by atoms with Gasteiger partial charge in [-0.1, -0.05) is 30.0 Å². The smallest absolute Gasteiger partial charge is 0.182 e. The highest BCUT2D eigenvalue weighted by Gasteiger charge is 2.17. The van der Waals surface area contributed by atoms with E-state index >= 15 is 0 Å². The van der Waals surface area contributed by atoms with Gasteiger partial charge in [-0.25, -0.2) is 13.8 Å². The molecule has 1 aliphatic rings. The van der Waals surface area contributed by atoms with E-state index in [1.807, 2.05) is 30.3 Å². The maximum Gasteiger partial charge on any atom is 0.182 e. The van der Waals surface area contributed by atoms with Crippen LogP contribution in [0.15, 0.2) is 63.0 Å². The molecule has 0 saturated carbocycles. The summed E-state index contributed by atoms with van der Waals surface area (Å²) in [4.78, 5) is 4.12. The molecule has 0 spiro atoms. The summed E-state index contributed by atoms with van der Waals surface area (Å²) < 4.78 is 32.3. The van der Waals surface area contributed by atoms with Crippen molar-refractivity contribution in [2.75, 3.05) is 5.75 Å². The molecule has 120 valence electrons. The van der Waals surface area contributed by atoms with Gasteiger partial charge in [0.05, 0.1) is 0 Å². The predicted octanol–water partition coefficient (Wildman–Crippen LogP) is 4.44. The first-order valence-corrected chi connectivity index (χ1v) is 8.16. The molecule has 0 bridgehead atoms. The number of hydrazone groups is 1. The highest BCUT2D eigenvalue weighted by atomic mass is 32.2. The first kappa shape index (κ1) is 14.9. The summed E-state index contributed by atoms with van der Waals surface area (Å²) in [5.74, 6) is -0.125. The van der Waals surface area contributed by atoms with Crippen LogP contribution in [0.5, 0.6) is 0 Å². The molecule has 0 amide bonds. The fourth-order valence-corrected chi connectivity index (χ4v) is 3.06. The van der Waals surface area contributed by atoms with Gasteiger partial charge in [-0.2, -0.15) is 5.10 Å². The minimum absolute atomic E-state index is 0.0637. The van der Waals surface area contributed by atoms with Gasteiger partial charge < -0.3 is 4.42 Å². The molecule has 3 aromatic rings. The Labute approximate surface area is 140 Å². The molecule has 1 N–H and O–H groups in total. The van der Waals surface area contributed by atoms with Gasteiger partial charge in [-0.05, 0) is 24.3 Å². The molecule has 0 radical (unpaired) electrons. The zero-order chi connectivity index (χ0) is 16.5. The molecule has 0 saturated heterocycles. The summed E-state index contributed by atoms with van der Waals surface area (Å²) in [6.07, 6.45) is 0. The lowest BCUT2D eigenvalue weighted by atomic mass is 10.2. The van der Waals surface area contributed by atoms with Crippen LogP contribution in [0.1, 0.15) is 5.76 Å². The zero-order valence-corrected chi connectivity index (χ0v) is 13.1. The number of benzene rings is 2. The van der Waals surface area contributed by atoms with Gasteiger partial charge in [0.15, 0.2) is 16.7 Å². The molecular weight excluding hydrogens is 332 g/mol. The van der Waals surface area contributed by atoms with Crippen molar-refractivity contribution in [1.29, 1.82) is 0 Å². The lowest BCUT2D eigenvalue weighted by Gasteiger charge is -2.13. The number of rotatable bonds is 2. The summed E-state index contributed by atoms with van der Waals surface area (Å²) in [5, 5.41) is 5.70. The van der Waals surface area contributed by atoms with Crippen molar-refractivity contribution in [2.24, 2.45) is 10.1 Å². The molecule has 24 heavy (non-hydrogen) atoms. The van der Waals surface area contributed by atoms with E-state index in [4.69, 9.17) is 4.42 Å². The Morgan fingerprint density at radius 1 is 1.12 bits per heavy atom. The fraction of sp³-hybridized carbons (Fsp3) is 0.0588. The number of fused-ring (bicyclic) bond motifs is 1. The topological polar surface area (TPSA) is 49.9 Å². The van der Waals surface area contributed by atoms with E-state index < -0.39 is 11.6 Å². The average Bonchev–Trinajstić information content (AvgIpc) is 3.02. The van der Waals surface area contributed by atoms with Gasteiger partial charge in [-0.15, -0.1) is 0 Å². The Morgan fingerprint density at radius 3 is 2.75 bits per heavy atom. The maximum atomic E-state index is 13.6. The van der Waals surface area contributed by atoms with Crippen molar-refractivity contribution in [2.45, 2.75) is 0 Å². The number of halogens is 2. The number of nitrogens with zero attached hydrogens (tertiary/aromatic N) is 2. The Morgan fingerprint density at radius 2 is 2.00 bits per heavy atom. The molecule has 4 rings (SSSR count). The highest BCUT2D eigenvalue weighted by molar-refractivity contribution is 8.14. The largest absolute Gasteiger partial charge is 0.455 e. The maximum absolute atomic E-state index is 13.6. The summed E-state index contributed by atoms with van der Waals surface area (Å²) in [5.41, 5.74) is 4.39. The van der Waals surface area contributed by atoms with Crippen LogP contribution in [0.3, 0.4) is 0 Å². The van der Waals surface area contributed by atoms with Crippen LogP contribution in [0, 0.1) is 11.6 Å². The van der Waals surface area contributed by atoms with Crippen molar-refractivity contribution in [3.8, 4) is 0 Å². The third-order valence-electron chi connectivity index (χ3n) is 3.47. The zero-order valence-electron chi connectivity index (χ0n) is 12.3. The van der Waals surface area contributed by atoms with Crippen molar-refractivity contribution in [3.05, 3.63) is 65.9 Å². The second-order valence-corrected chi connectivity index (χ2v) is 6.08. The van der Waals surface area contributed by atoms with Crippen molar-refractivity contribution in [3.63, 3.8) is 0 Å².